The van der Waals surface area contributed by atoms with Crippen molar-refractivity contribution in [1.82, 2.24) is 15.5 Å². The Hall–Kier alpha value is -3.22. The maximum atomic E-state index is 12.9. The zero-order valence-corrected chi connectivity index (χ0v) is 13.5. The normalized spacial score (nSPS) is 10.5. The van der Waals surface area contributed by atoms with Gasteiger partial charge < -0.3 is 14.6 Å². The van der Waals surface area contributed by atoms with E-state index in [4.69, 9.17) is 9.26 Å². The van der Waals surface area contributed by atoms with Crippen molar-refractivity contribution in [3.63, 3.8) is 0 Å². The van der Waals surface area contributed by atoms with E-state index in [0.29, 0.717) is 41.6 Å². The highest BCUT2D eigenvalue weighted by molar-refractivity contribution is 5.94. The number of benzene rings is 2. The van der Waals surface area contributed by atoms with E-state index in [1.807, 2.05) is 0 Å². The summed E-state index contributed by atoms with van der Waals surface area (Å²) in [5, 5.41) is 6.64. The molecule has 0 fully saturated rings. The summed E-state index contributed by atoms with van der Waals surface area (Å²) in [7, 11) is 1.57. The lowest BCUT2D eigenvalue weighted by molar-refractivity contribution is 0.0953. The lowest BCUT2D eigenvalue weighted by Gasteiger charge is -2.04. The van der Waals surface area contributed by atoms with Crippen LogP contribution in [-0.2, 0) is 6.42 Å². The zero-order chi connectivity index (χ0) is 17.6. The fourth-order valence-corrected chi connectivity index (χ4v) is 2.20. The summed E-state index contributed by atoms with van der Waals surface area (Å²) in [4.78, 5) is 16.3. The largest absolute Gasteiger partial charge is 0.497 e. The summed E-state index contributed by atoms with van der Waals surface area (Å²) in [6, 6.07) is 12.6. The van der Waals surface area contributed by atoms with Crippen molar-refractivity contribution >= 4 is 5.91 Å². The van der Waals surface area contributed by atoms with Crippen molar-refractivity contribution in [2.24, 2.45) is 0 Å². The van der Waals surface area contributed by atoms with Crippen LogP contribution in [0, 0.1) is 5.82 Å². The van der Waals surface area contributed by atoms with Gasteiger partial charge in [0.25, 0.3) is 5.91 Å². The minimum atomic E-state index is -0.325. The lowest BCUT2D eigenvalue weighted by atomic mass is 10.2. The third-order valence-electron chi connectivity index (χ3n) is 3.55. The van der Waals surface area contributed by atoms with Crippen molar-refractivity contribution in [3.05, 3.63) is 65.8 Å². The molecule has 1 N–H and O–H groups in total. The maximum absolute atomic E-state index is 12.9. The van der Waals surface area contributed by atoms with E-state index in [1.54, 1.807) is 43.5 Å². The number of methoxy groups -OCH3 is 1. The third-order valence-corrected chi connectivity index (χ3v) is 3.55. The van der Waals surface area contributed by atoms with Crippen molar-refractivity contribution in [2.75, 3.05) is 13.7 Å². The van der Waals surface area contributed by atoms with E-state index in [9.17, 15) is 9.18 Å². The van der Waals surface area contributed by atoms with Gasteiger partial charge in [0.15, 0.2) is 0 Å². The molecule has 2 aromatic carbocycles. The molecule has 7 heteroatoms. The molecule has 1 aromatic heterocycles. The third kappa shape index (κ3) is 4.20. The van der Waals surface area contributed by atoms with Crippen LogP contribution in [0.25, 0.3) is 11.4 Å². The molecule has 0 aliphatic rings. The van der Waals surface area contributed by atoms with Crippen LogP contribution in [-0.4, -0.2) is 29.7 Å². The first kappa shape index (κ1) is 16.6. The first-order chi connectivity index (χ1) is 12.2. The molecule has 0 radical (unpaired) electrons. The van der Waals surface area contributed by atoms with Gasteiger partial charge in [-0.3, -0.25) is 4.79 Å². The Balaban J connectivity index is 1.53. The molecule has 0 unspecified atom stereocenters. The van der Waals surface area contributed by atoms with E-state index in [0.717, 1.165) is 0 Å². The second kappa shape index (κ2) is 7.57. The maximum Gasteiger partial charge on any atom is 0.251 e. The number of nitrogens with one attached hydrogen (secondary N) is 1. The average Bonchev–Trinajstić information content (AvgIpc) is 3.11. The molecule has 0 saturated carbocycles. The number of ether oxygens (including phenoxy) is 1. The predicted molar refractivity (Wildman–Crippen MR) is 88.7 cm³/mol. The molecule has 0 aliphatic heterocycles. The number of carbonyl (C=O) groups excluding carboxylic acids is 1. The van der Waals surface area contributed by atoms with E-state index in [-0.39, 0.29) is 11.7 Å². The van der Waals surface area contributed by atoms with E-state index in [2.05, 4.69) is 15.5 Å². The van der Waals surface area contributed by atoms with Crippen LogP contribution in [0.15, 0.2) is 53.1 Å². The van der Waals surface area contributed by atoms with Crippen LogP contribution in [0.3, 0.4) is 0 Å². The van der Waals surface area contributed by atoms with Gasteiger partial charge in [-0.2, -0.15) is 4.98 Å². The molecule has 0 spiro atoms. The quantitative estimate of drug-likeness (QED) is 0.746. The van der Waals surface area contributed by atoms with Gasteiger partial charge in [0.2, 0.25) is 11.7 Å². The Morgan fingerprint density at radius 1 is 1.16 bits per heavy atom. The molecule has 0 saturated heterocycles. The first-order valence-corrected chi connectivity index (χ1v) is 7.66. The van der Waals surface area contributed by atoms with Crippen molar-refractivity contribution in [2.45, 2.75) is 6.42 Å². The molecular weight excluding hydrogens is 325 g/mol. The standard InChI is InChI=1S/C18H16FN3O3/c1-24-15-8-4-13(5-9-15)18(23)20-11-10-16-21-17(22-25-16)12-2-6-14(19)7-3-12/h2-9H,10-11H2,1H3,(H,20,23). The molecule has 3 rings (SSSR count). The van der Waals surface area contributed by atoms with Gasteiger partial charge in [-0.05, 0) is 48.5 Å². The number of hydrogen-bond acceptors (Lipinski definition) is 5. The molecular formula is C18H16FN3O3. The van der Waals surface area contributed by atoms with Crippen molar-refractivity contribution in [1.29, 1.82) is 0 Å². The fraction of sp³-hybridized carbons (Fsp3) is 0.167. The number of carbonyl (C=O) groups is 1. The molecule has 1 heterocycles. The number of halogens is 1. The Bertz CT molecular complexity index is 845. The highest BCUT2D eigenvalue weighted by Gasteiger charge is 2.10. The van der Waals surface area contributed by atoms with Crippen LogP contribution in [0.2, 0.25) is 0 Å². The Morgan fingerprint density at radius 2 is 1.88 bits per heavy atom. The summed E-state index contributed by atoms with van der Waals surface area (Å²) in [6.07, 6.45) is 0.399. The molecule has 6 nitrogen and oxygen atoms in total. The van der Waals surface area contributed by atoms with Crippen LogP contribution < -0.4 is 10.1 Å². The molecule has 128 valence electrons. The lowest BCUT2D eigenvalue weighted by Crippen LogP contribution is -2.25. The Kier molecular flexibility index (Phi) is 5.03. The fourth-order valence-electron chi connectivity index (χ4n) is 2.20. The number of amides is 1. The van der Waals surface area contributed by atoms with E-state index >= 15 is 0 Å². The molecule has 0 bridgehead atoms. The second-order valence-corrected chi connectivity index (χ2v) is 5.25. The average molecular weight is 341 g/mol. The van der Waals surface area contributed by atoms with Crippen LogP contribution in [0.4, 0.5) is 4.39 Å². The van der Waals surface area contributed by atoms with Crippen LogP contribution >= 0.6 is 0 Å². The van der Waals surface area contributed by atoms with Crippen molar-refractivity contribution < 1.29 is 18.4 Å². The topological polar surface area (TPSA) is 77.2 Å². The molecule has 1 amide bonds. The van der Waals surface area contributed by atoms with Crippen LogP contribution in [0.5, 0.6) is 5.75 Å². The van der Waals surface area contributed by atoms with E-state index in [1.165, 1.54) is 12.1 Å². The molecule has 25 heavy (non-hydrogen) atoms. The minimum Gasteiger partial charge on any atom is -0.497 e. The second-order valence-electron chi connectivity index (χ2n) is 5.25. The van der Waals surface area contributed by atoms with Gasteiger partial charge in [0.1, 0.15) is 11.6 Å². The first-order valence-electron chi connectivity index (χ1n) is 7.66. The molecule has 0 atom stereocenters. The van der Waals surface area contributed by atoms with Gasteiger partial charge in [-0.25, -0.2) is 4.39 Å². The summed E-state index contributed by atoms with van der Waals surface area (Å²) in [5.41, 5.74) is 1.21. The van der Waals surface area contributed by atoms with Gasteiger partial charge in [-0.15, -0.1) is 0 Å². The number of hydrogen-bond donors (Lipinski definition) is 1. The van der Waals surface area contributed by atoms with Crippen LogP contribution in [0.1, 0.15) is 16.2 Å². The molecule has 3 aromatic rings. The van der Waals surface area contributed by atoms with Gasteiger partial charge in [0.05, 0.1) is 7.11 Å². The summed E-state index contributed by atoms with van der Waals surface area (Å²) >= 11 is 0. The Labute approximate surface area is 143 Å². The Morgan fingerprint density at radius 3 is 2.56 bits per heavy atom. The smallest absolute Gasteiger partial charge is 0.251 e. The van der Waals surface area contributed by atoms with Crippen molar-refractivity contribution in [3.8, 4) is 17.1 Å². The van der Waals surface area contributed by atoms with E-state index < -0.39 is 0 Å². The summed E-state index contributed by atoms with van der Waals surface area (Å²) < 4.78 is 23.1. The summed E-state index contributed by atoms with van der Waals surface area (Å²) in [5.74, 6) is 0.955. The minimum absolute atomic E-state index is 0.194. The SMILES string of the molecule is COc1ccc(C(=O)NCCc2nc(-c3ccc(F)cc3)no2)cc1. The zero-order valence-electron chi connectivity index (χ0n) is 13.5. The molecule has 0 aliphatic carbocycles. The highest BCUT2D eigenvalue weighted by atomic mass is 19.1. The number of rotatable bonds is 6. The van der Waals surface area contributed by atoms with Gasteiger partial charge >= 0.3 is 0 Å². The predicted octanol–water partition coefficient (Wildman–Crippen LogP) is 2.86. The number of nitrogens with zero attached hydrogens (tertiary/aromatic N) is 2. The summed E-state index contributed by atoms with van der Waals surface area (Å²) in [6.45, 7) is 0.357. The van der Waals surface area contributed by atoms with Gasteiger partial charge in [0, 0.05) is 24.1 Å². The van der Waals surface area contributed by atoms with Gasteiger partial charge in [-0.1, -0.05) is 5.16 Å². The number of aromatic nitrogens is 2. The monoisotopic (exact) mass is 341 g/mol. The highest BCUT2D eigenvalue weighted by Crippen LogP contribution is 2.16.